The number of rotatable bonds is 15. The van der Waals surface area contributed by atoms with Crippen LogP contribution in [0.4, 0.5) is 4.39 Å². The standard InChI is InChI=1S/C31H33FO4/c32-28-18-16-27(17-19-28)30(33)22-15-25-13-20-29(21-14-25)36-31(34)12-8-3-1-2-4-9-23-35-24-26-10-6-5-7-11-26/h5-7,10-11,13-22H,1-4,8-9,12,23-24H2. The zero-order chi connectivity index (χ0) is 25.4. The van der Waals surface area contributed by atoms with E-state index < -0.39 is 0 Å². The molecule has 36 heavy (non-hydrogen) atoms. The minimum atomic E-state index is -0.378. The van der Waals surface area contributed by atoms with Gasteiger partial charge in [-0.25, -0.2) is 4.39 Å². The van der Waals surface area contributed by atoms with E-state index in [1.54, 1.807) is 30.3 Å². The van der Waals surface area contributed by atoms with E-state index in [-0.39, 0.29) is 17.6 Å². The van der Waals surface area contributed by atoms with E-state index in [9.17, 15) is 14.0 Å². The summed E-state index contributed by atoms with van der Waals surface area (Å²) < 4.78 is 24.1. The summed E-state index contributed by atoms with van der Waals surface area (Å²) in [5, 5.41) is 0. The molecule has 0 fully saturated rings. The van der Waals surface area contributed by atoms with E-state index >= 15 is 0 Å². The Kier molecular flexibility index (Phi) is 11.6. The fourth-order valence-corrected chi connectivity index (χ4v) is 3.66. The van der Waals surface area contributed by atoms with Gasteiger partial charge in [0.05, 0.1) is 6.61 Å². The zero-order valence-corrected chi connectivity index (χ0v) is 20.5. The van der Waals surface area contributed by atoms with Crippen molar-refractivity contribution in [3.63, 3.8) is 0 Å². The molecule has 0 N–H and O–H groups in total. The lowest BCUT2D eigenvalue weighted by Crippen LogP contribution is -2.07. The maximum Gasteiger partial charge on any atom is 0.311 e. The third kappa shape index (κ3) is 10.4. The number of carbonyl (C=O) groups excluding carboxylic acids is 2. The Bertz CT molecular complexity index is 1090. The van der Waals surface area contributed by atoms with E-state index in [2.05, 4.69) is 12.1 Å². The topological polar surface area (TPSA) is 52.6 Å². The Labute approximate surface area is 212 Å². The summed E-state index contributed by atoms with van der Waals surface area (Å²) in [6.07, 6.45) is 9.76. The Morgan fingerprint density at radius 1 is 0.750 bits per heavy atom. The van der Waals surface area contributed by atoms with Crippen molar-refractivity contribution in [1.29, 1.82) is 0 Å². The number of benzene rings is 3. The highest BCUT2D eigenvalue weighted by Crippen LogP contribution is 2.16. The highest BCUT2D eigenvalue weighted by atomic mass is 19.1. The number of allylic oxidation sites excluding steroid dienone is 1. The van der Waals surface area contributed by atoms with E-state index in [0.29, 0.717) is 24.3 Å². The molecule has 0 saturated heterocycles. The largest absolute Gasteiger partial charge is 0.427 e. The van der Waals surface area contributed by atoms with Gasteiger partial charge in [-0.15, -0.1) is 0 Å². The molecular weight excluding hydrogens is 455 g/mol. The number of esters is 1. The van der Waals surface area contributed by atoms with E-state index in [1.165, 1.54) is 35.9 Å². The number of halogens is 1. The van der Waals surface area contributed by atoms with Crippen LogP contribution < -0.4 is 4.74 Å². The predicted octanol–water partition coefficient (Wildman–Crippen LogP) is 7.57. The van der Waals surface area contributed by atoms with Gasteiger partial charge in [-0.1, -0.05) is 74.2 Å². The van der Waals surface area contributed by atoms with Crippen molar-refractivity contribution in [3.05, 3.63) is 107 Å². The minimum Gasteiger partial charge on any atom is -0.427 e. The molecule has 5 heteroatoms. The summed E-state index contributed by atoms with van der Waals surface area (Å²) in [4.78, 5) is 24.2. The van der Waals surface area contributed by atoms with Crippen molar-refractivity contribution in [2.75, 3.05) is 6.61 Å². The monoisotopic (exact) mass is 488 g/mol. The predicted molar refractivity (Wildman–Crippen MR) is 140 cm³/mol. The molecule has 3 aromatic carbocycles. The van der Waals surface area contributed by atoms with Crippen LogP contribution >= 0.6 is 0 Å². The number of carbonyl (C=O) groups is 2. The number of ether oxygens (including phenoxy) is 2. The van der Waals surface area contributed by atoms with Crippen LogP contribution in [0, 0.1) is 5.82 Å². The molecule has 0 bridgehead atoms. The molecule has 0 aliphatic heterocycles. The summed E-state index contributed by atoms with van der Waals surface area (Å²) in [5.41, 5.74) is 2.42. The molecule has 0 aliphatic carbocycles. The van der Waals surface area contributed by atoms with Crippen LogP contribution in [-0.4, -0.2) is 18.4 Å². The maximum atomic E-state index is 13.0. The first kappa shape index (κ1) is 27.0. The lowest BCUT2D eigenvalue weighted by Gasteiger charge is -2.06. The lowest BCUT2D eigenvalue weighted by atomic mass is 10.1. The Morgan fingerprint density at radius 3 is 2.14 bits per heavy atom. The second kappa shape index (κ2) is 15.4. The van der Waals surface area contributed by atoms with Crippen LogP contribution in [0.5, 0.6) is 5.75 Å². The third-order valence-corrected chi connectivity index (χ3v) is 5.70. The molecule has 0 spiro atoms. The minimum absolute atomic E-state index is 0.207. The molecule has 0 atom stereocenters. The number of ketones is 1. The van der Waals surface area contributed by atoms with E-state index in [1.807, 2.05) is 18.2 Å². The van der Waals surface area contributed by atoms with Crippen molar-refractivity contribution >= 4 is 17.8 Å². The SMILES string of the molecule is O=C(CCCCCCCCOCc1ccccc1)Oc1ccc(C=CC(=O)c2ccc(F)cc2)cc1. The molecule has 0 heterocycles. The second-order valence-corrected chi connectivity index (χ2v) is 8.66. The molecule has 0 saturated carbocycles. The van der Waals surface area contributed by atoms with Gasteiger partial charge >= 0.3 is 5.97 Å². The number of hydrogen-bond acceptors (Lipinski definition) is 4. The highest BCUT2D eigenvalue weighted by Gasteiger charge is 2.05. The van der Waals surface area contributed by atoms with Crippen LogP contribution in [0.2, 0.25) is 0 Å². The summed E-state index contributed by atoms with van der Waals surface area (Å²) >= 11 is 0. The average molecular weight is 489 g/mol. The molecule has 3 rings (SSSR count). The van der Waals surface area contributed by atoms with Gasteiger partial charge in [0, 0.05) is 18.6 Å². The summed E-state index contributed by atoms with van der Waals surface area (Å²) in [6.45, 7) is 1.44. The molecule has 0 aliphatic rings. The van der Waals surface area contributed by atoms with Crippen molar-refractivity contribution in [3.8, 4) is 5.75 Å². The van der Waals surface area contributed by atoms with Crippen molar-refractivity contribution < 1.29 is 23.5 Å². The molecule has 188 valence electrons. The third-order valence-electron chi connectivity index (χ3n) is 5.70. The van der Waals surface area contributed by atoms with E-state index in [4.69, 9.17) is 9.47 Å². The van der Waals surface area contributed by atoms with Crippen LogP contribution in [0.15, 0.2) is 84.9 Å². The molecule has 0 aromatic heterocycles. The molecule has 3 aromatic rings. The zero-order valence-electron chi connectivity index (χ0n) is 20.5. The molecular formula is C31H33FO4. The van der Waals surface area contributed by atoms with Crippen LogP contribution in [0.1, 0.15) is 66.4 Å². The van der Waals surface area contributed by atoms with Gasteiger partial charge in [-0.2, -0.15) is 0 Å². The average Bonchev–Trinajstić information content (AvgIpc) is 2.90. The summed E-state index contributed by atoms with van der Waals surface area (Å²) in [7, 11) is 0. The number of hydrogen-bond donors (Lipinski definition) is 0. The van der Waals surface area contributed by atoms with Gasteiger partial charge < -0.3 is 9.47 Å². The van der Waals surface area contributed by atoms with Gasteiger partial charge in [0.2, 0.25) is 0 Å². The first-order valence-electron chi connectivity index (χ1n) is 12.5. The first-order chi connectivity index (χ1) is 17.6. The Morgan fingerprint density at radius 2 is 1.42 bits per heavy atom. The quantitative estimate of drug-likeness (QED) is 0.0728. The Balaban J connectivity index is 1.23. The van der Waals surface area contributed by atoms with Crippen LogP contribution in [0.25, 0.3) is 6.08 Å². The highest BCUT2D eigenvalue weighted by molar-refractivity contribution is 6.06. The molecule has 0 amide bonds. The summed E-state index contributed by atoms with van der Waals surface area (Å²) in [6, 6.07) is 22.6. The van der Waals surface area contributed by atoms with Crippen molar-refractivity contribution in [1.82, 2.24) is 0 Å². The second-order valence-electron chi connectivity index (χ2n) is 8.66. The fraction of sp³-hybridized carbons (Fsp3) is 0.290. The molecule has 0 unspecified atom stereocenters. The van der Waals surface area contributed by atoms with Gasteiger partial charge in [0.1, 0.15) is 11.6 Å². The maximum absolute atomic E-state index is 13.0. The molecule has 0 radical (unpaired) electrons. The van der Waals surface area contributed by atoms with Gasteiger partial charge in [-0.3, -0.25) is 9.59 Å². The number of unbranched alkanes of at least 4 members (excludes halogenated alkanes) is 5. The smallest absolute Gasteiger partial charge is 0.311 e. The van der Waals surface area contributed by atoms with Crippen molar-refractivity contribution in [2.24, 2.45) is 0 Å². The normalized spacial score (nSPS) is 11.0. The van der Waals surface area contributed by atoms with E-state index in [0.717, 1.165) is 50.7 Å². The first-order valence-corrected chi connectivity index (χ1v) is 12.5. The Hall–Kier alpha value is -3.57. The van der Waals surface area contributed by atoms with Gasteiger partial charge in [-0.05, 0) is 66.4 Å². The van der Waals surface area contributed by atoms with Crippen LogP contribution in [-0.2, 0) is 16.1 Å². The summed E-state index contributed by atoms with van der Waals surface area (Å²) in [5.74, 6) is -0.338. The molecule has 4 nitrogen and oxygen atoms in total. The van der Waals surface area contributed by atoms with Gasteiger partial charge in [0.15, 0.2) is 5.78 Å². The lowest BCUT2D eigenvalue weighted by molar-refractivity contribution is -0.134. The van der Waals surface area contributed by atoms with Gasteiger partial charge in [0.25, 0.3) is 0 Å². The van der Waals surface area contributed by atoms with Crippen LogP contribution in [0.3, 0.4) is 0 Å². The van der Waals surface area contributed by atoms with Crippen molar-refractivity contribution in [2.45, 2.75) is 51.6 Å². The fourth-order valence-electron chi connectivity index (χ4n) is 3.66.